The number of nitrogens with one attached hydrogen (secondary N) is 1. The van der Waals surface area contributed by atoms with Crippen LogP contribution in [0.15, 0.2) is 18.3 Å². The molecule has 0 aliphatic heterocycles. The monoisotopic (exact) mass is 276 g/mol. The van der Waals surface area contributed by atoms with E-state index in [9.17, 15) is 5.11 Å². The van der Waals surface area contributed by atoms with Crippen molar-refractivity contribution in [2.75, 3.05) is 6.54 Å². The van der Waals surface area contributed by atoms with E-state index in [1.165, 1.54) is 4.88 Å². The van der Waals surface area contributed by atoms with Crippen molar-refractivity contribution in [3.63, 3.8) is 0 Å². The number of rotatable bonds is 5. The summed E-state index contributed by atoms with van der Waals surface area (Å²) in [5.74, 6) is 0.380. The lowest BCUT2D eigenvalue weighted by atomic mass is 10.1. The second kappa shape index (κ2) is 6.17. The fourth-order valence-corrected chi connectivity index (χ4v) is 2.86. The maximum Gasteiger partial charge on any atom is 0.123 e. The molecule has 0 aliphatic carbocycles. The Bertz CT molecular complexity index is 540. The highest BCUT2D eigenvalue weighted by atomic mass is 32.1. The first-order chi connectivity index (χ1) is 9.11. The Morgan fingerprint density at radius 1 is 1.26 bits per heavy atom. The predicted octanol–water partition coefficient (Wildman–Crippen LogP) is 3.63. The van der Waals surface area contributed by atoms with Gasteiger partial charge in [-0.15, -0.1) is 11.3 Å². The van der Waals surface area contributed by atoms with Crippen LogP contribution in [0.1, 0.15) is 29.3 Å². The standard InChI is InChI=1S/C15H20N2OS/c1-4-5-16-8-13-9-17-15(19-13)12-6-10(2)14(18)11(3)7-12/h6-7,9,16,18H,4-5,8H2,1-3H3. The zero-order valence-electron chi connectivity index (χ0n) is 11.7. The highest BCUT2D eigenvalue weighted by Gasteiger charge is 2.08. The minimum Gasteiger partial charge on any atom is -0.507 e. The molecule has 0 unspecified atom stereocenters. The van der Waals surface area contributed by atoms with Gasteiger partial charge in [0.25, 0.3) is 0 Å². The van der Waals surface area contributed by atoms with Crippen molar-refractivity contribution in [1.29, 1.82) is 0 Å². The summed E-state index contributed by atoms with van der Waals surface area (Å²) in [7, 11) is 0. The van der Waals surface area contributed by atoms with E-state index in [-0.39, 0.29) is 0 Å². The van der Waals surface area contributed by atoms with Crippen molar-refractivity contribution < 1.29 is 5.11 Å². The second-order valence-corrected chi connectivity index (χ2v) is 5.88. The Balaban J connectivity index is 2.18. The molecule has 19 heavy (non-hydrogen) atoms. The molecule has 1 heterocycles. The smallest absolute Gasteiger partial charge is 0.123 e. The van der Waals surface area contributed by atoms with Gasteiger partial charge in [0.15, 0.2) is 0 Å². The number of hydrogen-bond acceptors (Lipinski definition) is 4. The number of thiazole rings is 1. The van der Waals surface area contributed by atoms with Crippen LogP contribution in [-0.4, -0.2) is 16.6 Å². The van der Waals surface area contributed by atoms with Crippen LogP contribution in [-0.2, 0) is 6.54 Å². The summed E-state index contributed by atoms with van der Waals surface area (Å²) in [5, 5.41) is 14.2. The molecular weight excluding hydrogens is 256 g/mol. The number of benzene rings is 1. The molecule has 2 N–H and O–H groups in total. The minimum atomic E-state index is 0.380. The van der Waals surface area contributed by atoms with Gasteiger partial charge < -0.3 is 10.4 Å². The highest BCUT2D eigenvalue weighted by Crippen LogP contribution is 2.31. The summed E-state index contributed by atoms with van der Waals surface area (Å²) in [6, 6.07) is 3.98. The molecule has 102 valence electrons. The molecule has 0 radical (unpaired) electrons. The van der Waals surface area contributed by atoms with Crippen LogP contribution in [0, 0.1) is 13.8 Å². The average Bonchev–Trinajstić information content (AvgIpc) is 2.84. The van der Waals surface area contributed by atoms with Crippen LogP contribution < -0.4 is 5.32 Å². The molecular formula is C15H20N2OS. The van der Waals surface area contributed by atoms with Crippen molar-refractivity contribution in [2.24, 2.45) is 0 Å². The van der Waals surface area contributed by atoms with Crippen molar-refractivity contribution in [3.8, 4) is 16.3 Å². The highest BCUT2D eigenvalue weighted by molar-refractivity contribution is 7.15. The topological polar surface area (TPSA) is 45.2 Å². The number of nitrogens with zero attached hydrogens (tertiary/aromatic N) is 1. The van der Waals surface area contributed by atoms with Gasteiger partial charge in [-0.05, 0) is 50.1 Å². The summed E-state index contributed by atoms with van der Waals surface area (Å²) in [4.78, 5) is 5.72. The normalized spacial score (nSPS) is 10.9. The van der Waals surface area contributed by atoms with Gasteiger partial charge in [-0.2, -0.15) is 0 Å². The molecule has 1 aromatic heterocycles. The Labute approximate surface area is 118 Å². The Kier molecular flexibility index (Phi) is 4.56. The number of aromatic hydroxyl groups is 1. The lowest BCUT2D eigenvalue weighted by Gasteiger charge is -2.05. The number of aryl methyl sites for hydroxylation is 2. The summed E-state index contributed by atoms with van der Waals surface area (Å²) < 4.78 is 0. The van der Waals surface area contributed by atoms with Crippen molar-refractivity contribution in [3.05, 3.63) is 34.3 Å². The lowest BCUT2D eigenvalue weighted by Crippen LogP contribution is -2.12. The van der Waals surface area contributed by atoms with E-state index >= 15 is 0 Å². The zero-order chi connectivity index (χ0) is 13.8. The Hall–Kier alpha value is -1.39. The number of aromatic nitrogens is 1. The fourth-order valence-electron chi connectivity index (χ4n) is 1.99. The third kappa shape index (κ3) is 3.33. The zero-order valence-corrected chi connectivity index (χ0v) is 12.5. The molecule has 0 saturated carbocycles. The molecule has 0 saturated heterocycles. The summed E-state index contributed by atoms with van der Waals surface area (Å²) in [6.07, 6.45) is 3.07. The summed E-state index contributed by atoms with van der Waals surface area (Å²) in [6.45, 7) is 7.91. The number of hydrogen-bond donors (Lipinski definition) is 2. The molecule has 2 rings (SSSR count). The minimum absolute atomic E-state index is 0.380. The van der Waals surface area contributed by atoms with Crippen molar-refractivity contribution in [2.45, 2.75) is 33.7 Å². The quantitative estimate of drug-likeness (QED) is 0.820. The second-order valence-electron chi connectivity index (χ2n) is 4.77. The van der Waals surface area contributed by atoms with Crippen molar-refractivity contribution >= 4 is 11.3 Å². The molecule has 3 nitrogen and oxygen atoms in total. The maximum atomic E-state index is 9.80. The average molecular weight is 276 g/mol. The van der Waals surface area contributed by atoms with Crippen LogP contribution in [0.25, 0.3) is 10.6 Å². The molecule has 0 amide bonds. The third-order valence-corrected chi connectivity index (χ3v) is 4.06. The molecule has 0 spiro atoms. The summed E-state index contributed by atoms with van der Waals surface area (Å²) >= 11 is 1.70. The van der Waals surface area contributed by atoms with E-state index in [0.717, 1.165) is 41.2 Å². The van der Waals surface area contributed by atoms with Crippen LogP contribution >= 0.6 is 11.3 Å². The molecule has 0 fully saturated rings. The molecule has 1 aromatic carbocycles. The molecule has 0 bridgehead atoms. The van der Waals surface area contributed by atoms with E-state index in [2.05, 4.69) is 17.2 Å². The van der Waals surface area contributed by atoms with Gasteiger partial charge in [0.2, 0.25) is 0 Å². The van der Waals surface area contributed by atoms with Crippen LogP contribution in [0.4, 0.5) is 0 Å². The van der Waals surface area contributed by atoms with Crippen LogP contribution in [0.5, 0.6) is 5.75 Å². The summed E-state index contributed by atoms with van der Waals surface area (Å²) in [5.41, 5.74) is 2.88. The van der Waals surface area contributed by atoms with Crippen molar-refractivity contribution in [1.82, 2.24) is 10.3 Å². The van der Waals surface area contributed by atoms with Gasteiger partial charge in [-0.1, -0.05) is 6.92 Å². The molecule has 0 atom stereocenters. The van der Waals surface area contributed by atoms with Crippen LogP contribution in [0.3, 0.4) is 0 Å². The SMILES string of the molecule is CCCNCc1cnc(-c2cc(C)c(O)c(C)c2)s1. The number of phenols is 1. The first kappa shape index (κ1) is 14.0. The van der Waals surface area contributed by atoms with E-state index in [1.807, 2.05) is 32.2 Å². The van der Waals surface area contributed by atoms with Gasteiger partial charge in [-0.25, -0.2) is 4.98 Å². The van der Waals surface area contributed by atoms with Gasteiger partial charge in [0, 0.05) is 23.2 Å². The van der Waals surface area contributed by atoms with Gasteiger partial charge >= 0.3 is 0 Å². The first-order valence-corrected chi connectivity index (χ1v) is 7.39. The largest absolute Gasteiger partial charge is 0.507 e. The molecule has 2 aromatic rings. The maximum absolute atomic E-state index is 9.80. The Morgan fingerprint density at radius 3 is 2.58 bits per heavy atom. The van der Waals surface area contributed by atoms with Gasteiger partial charge in [0.1, 0.15) is 10.8 Å². The van der Waals surface area contributed by atoms with E-state index < -0.39 is 0 Å². The van der Waals surface area contributed by atoms with Gasteiger partial charge in [0.05, 0.1) is 0 Å². The predicted molar refractivity (Wildman–Crippen MR) is 80.7 cm³/mol. The van der Waals surface area contributed by atoms with E-state index in [4.69, 9.17) is 0 Å². The lowest BCUT2D eigenvalue weighted by molar-refractivity contribution is 0.467. The number of phenolic OH excluding ortho intramolecular Hbond substituents is 1. The van der Waals surface area contributed by atoms with E-state index in [1.54, 1.807) is 11.3 Å². The van der Waals surface area contributed by atoms with E-state index in [0.29, 0.717) is 5.75 Å². The van der Waals surface area contributed by atoms with Crippen LogP contribution in [0.2, 0.25) is 0 Å². The first-order valence-electron chi connectivity index (χ1n) is 6.57. The fraction of sp³-hybridized carbons (Fsp3) is 0.400. The Morgan fingerprint density at radius 2 is 1.95 bits per heavy atom. The van der Waals surface area contributed by atoms with Gasteiger partial charge in [-0.3, -0.25) is 0 Å². The molecule has 4 heteroatoms. The molecule has 0 aliphatic rings. The third-order valence-electron chi connectivity index (χ3n) is 3.02.